The summed E-state index contributed by atoms with van der Waals surface area (Å²) in [5.41, 5.74) is 0.000670. The Balaban J connectivity index is 1.73. The number of rotatable bonds is 18. The number of allylic oxidation sites excluding steroid dienone is 2. The second kappa shape index (κ2) is 17.0. The minimum Gasteiger partial charge on any atom is -0.424 e. The Morgan fingerprint density at radius 1 is 0.895 bits per heavy atom. The van der Waals surface area contributed by atoms with Crippen LogP contribution in [-0.4, -0.2) is 62.2 Å². The van der Waals surface area contributed by atoms with Crippen molar-refractivity contribution in [3.63, 3.8) is 0 Å². The number of aliphatic hydroxyl groups is 5. The summed E-state index contributed by atoms with van der Waals surface area (Å²) in [5.74, 6) is -6.51. The average Bonchev–Trinajstić information content (AvgIpc) is 2.92. The summed E-state index contributed by atoms with van der Waals surface area (Å²) in [4.78, 5) is 12.6. The maximum atomic E-state index is 12.6. The van der Waals surface area contributed by atoms with Crippen molar-refractivity contribution >= 4 is 5.97 Å². The number of benzene rings is 1. The third kappa shape index (κ3) is 9.14. The molecule has 5 atom stereocenters. The minimum atomic E-state index is -2.97. The summed E-state index contributed by atoms with van der Waals surface area (Å²) in [6.07, 6.45) is 13.7. The van der Waals surface area contributed by atoms with E-state index >= 15 is 0 Å². The molecular formula is C30H48O8. The molecule has 38 heavy (non-hydrogen) atoms. The van der Waals surface area contributed by atoms with Crippen LogP contribution < -0.4 is 0 Å². The molecule has 8 nitrogen and oxygen atoms in total. The van der Waals surface area contributed by atoms with Gasteiger partial charge in [-0.15, -0.1) is 0 Å². The lowest BCUT2D eigenvalue weighted by Crippen LogP contribution is -2.72. The van der Waals surface area contributed by atoms with Crippen LogP contribution in [0.15, 0.2) is 42.5 Å². The molecular weight excluding hydrogens is 488 g/mol. The van der Waals surface area contributed by atoms with Crippen molar-refractivity contribution in [3.05, 3.63) is 48.0 Å². The van der Waals surface area contributed by atoms with Crippen molar-refractivity contribution < 1.29 is 39.8 Å². The van der Waals surface area contributed by atoms with Crippen LogP contribution in [0.3, 0.4) is 0 Å². The monoisotopic (exact) mass is 536 g/mol. The molecule has 0 aromatic heterocycles. The van der Waals surface area contributed by atoms with E-state index in [0.717, 1.165) is 38.5 Å². The summed E-state index contributed by atoms with van der Waals surface area (Å²) in [5, 5.41) is 52.8. The second-order valence-electron chi connectivity index (χ2n) is 10.3. The van der Waals surface area contributed by atoms with Gasteiger partial charge in [0, 0.05) is 12.0 Å². The van der Waals surface area contributed by atoms with Crippen LogP contribution in [0.1, 0.15) is 102 Å². The van der Waals surface area contributed by atoms with E-state index < -0.39 is 42.5 Å². The van der Waals surface area contributed by atoms with Crippen LogP contribution >= 0.6 is 0 Å². The molecule has 1 saturated heterocycles. The zero-order chi connectivity index (χ0) is 27.9. The van der Waals surface area contributed by atoms with Gasteiger partial charge in [0.2, 0.25) is 0 Å². The van der Waals surface area contributed by atoms with E-state index in [0.29, 0.717) is 6.42 Å². The number of hydrogen-bond acceptors (Lipinski definition) is 8. The first-order valence-corrected chi connectivity index (χ1v) is 14.3. The van der Waals surface area contributed by atoms with Crippen LogP contribution in [-0.2, 0) is 20.1 Å². The highest BCUT2D eigenvalue weighted by Gasteiger charge is 2.67. The zero-order valence-corrected chi connectivity index (χ0v) is 22.8. The molecule has 1 heterocycles. The molecule has 0 spiro atoms. The van der Waals surface area contributed by atoms with Gasteiger partial charge in [-0.05, 0) is 32.1 Å². The average molecular weight is 537 g/mol. The molecule has 0 amide bonds. The summed E-state index contributed by atoms with van der Waals surface area (Å²) in [6.45, 7) is 1.50. The number of carbonyl (C=O) groups is 1. The topological polar surface area (TPSA) is 137 Å². The maximum absolute atomic E-state index is 12.6. The molecule has 1 aromatic rings. The molecule has 216 valence electrons. The maximum Gasteiger partial charge on any atom is 0.308 e. The first-order chi connectivity index (χ1) is 18.3. The molecule has 8 heteroatoms. The van der Waals surface area contributed by atoms with Crippen LogP contribution in [0.25, 0.3) is 0 Å². The van der Waals surface area contributed by atoms with E-state index in [4.69, 9.17) is 9.47 Å². The first kappa shape index (κ1) is 32.4. The quantitative estimate of drug-likeness (QED) is 0.0814. The van der Waals surface area contributed by atoms with Crippen molar-refractivity contribution in [3.8, 4) is 0 Å². The Hall–Kier alpha value is -1.81. The van der Waals surface area contributed by atoms with Gasteiger partial charge in [-0.2, -0.15) is 0 Å². The minimum absolute atomic E-state index is 0.000670. The second-order valence-corrected chi connectivity index (χ2v) is 10.3. The van der Waals surface area contributed by atoms with Gasteiger partial charge in [-0.1, -0.05) is 101 Å². The summed E-state index contributed by atoms with van der Waals surface area (Å²) >= 11 is 0. The smallest absolute Gasteiger partial charge is 0.308 e. The number of unbranched alkanes of at least 4 members (excludes halogenated alkanes) is 11. The highest BCUT2D eigenvalue weighted by atomic mass is 16.7. The lowest BCUT2D eigenvalue weighted by molar-refractivity contribution is -0.455. The van der Waals surface area contributed by atoms with Crippen molar-refractivity contribution in [2.45, 2.75) is 127 Å². The van der Waals surface area contributed by atoms with Gasteiger partial charge in [-0.25, -0.2) is 0 Å². The third-order valence-corrected chi connectivity index (χ3v) is 7.17. The summed E-state index contributed by atoms with van der Waals surface area (Å²) < 4.78 is 10.6. The van der Waals surface area contributed by atoms with Gasteiger partial charge >= 0.3 is 5.97 Å². The number of aliphatic hydroxyl groups excluding tert-OH is 3. The number of carbonyl (C=O) groups excluding carboxylic acids is 1. The summed E-state index contributed by atoms with van der Waals surface area (Å²) in [7, 11) is 0. The molecule has 2 rings (SSSR count). The van der Waals surface area contributed by atoms with Gasteiger partial charge in [0.1, 0.15) is 12.2 Å². The SMILES string of the molecule is CCCCCCCC/C=C\CCCCCCCC(=O)O[C@@]1(O)[C@@H](O)[C@H](O)[C@@H](CO)O[C@]1(O)c1ccccc1. The predicted octanol–water partition coefficient (Wildman–Crippen LogP) is 4.21. The van der Waals surface area contributed by atoms with Crippen LogP contribution in [0.5, 0.6) is 0 Å². The number of esters is 1. The van der Waals surface area contributed by atoms with E-state index in [1.54, 1.807) is 18.2 Å². The molecule has 1 aliphatic rings. The number of ether oxygens (including phenoxy) is 2. The fourth-order valence-corrected chi connectivity index (χ4v) is 4.79. The zero-order valence-electron chi connectivity index (χ0n) is 22.8. The molecule has 0 saturated carbocycles. The highest BCUT2D eigenvalue weighted by Crippen LogP contribution is 2.44. The van der Waals surface area contributed by atoms with Crippen molar-refractivity contribution in [2.75, 3.05) is 6.61 Å². The molecule has 1 aliphatic heterocycles. The Morgan fingerprint density at radius 3 is 2.03 bits per heavy atom. The normalized spacial score (nSPS) is 27.6. The Bertz CT molecular complexity index is 816. The third-order valence-electron chi connectivity index (χ3n) is 7.17. The van der Waals surface area contributed by atoms with Crippen molar-refractivity contribution in [2.24, 2.45) is 0 Å². The van der Waals surface area contributed by atoms with Gasteiger partial charge in [0.25, 0.3) is 11.6 Å². The fraction of sp³-hybridized carbons (Fsp3) is 0.700. The van der Waals surface area contributed by atoms with Gasteiger partial charge in [-0.3, -0.25) is 4.79 Å². The van der Waals surface area contributed by atoms with Gasteiger partial charge in [0.15, 0.2) is 6.10 Å². The van der Waals surface area contributed by atoms with Crippen LogP contribution in [0, 0.1) is 0 Å². The van der Waals surface area contributed by atoms with Crippen LogP contribution in [0.2, 0.25) is 0 Å². The molecule has 0 radical (unpaired) electrons. The molecule has 0 aliphatic carbocycles. The van der Waals surface area contributed by atoms with Gasteiger partial charge in [0.05, 0.1) is 6.61 Å². The first-order valence-electron chi connectivity index (χ1n) is 14.3. The predicted molar refractivity (Wildman–Crippen MR) is 145 cm³/mol. The summed E-state index contributed by atoms with van der Waals surface area (Å²) in [6, 6.07) is 7.64. The largest absolute Gasteiger partial charge is 0.424 e. The Labute approximate surface area is 227 Å². The molecule has 1 aromatic carbocycles. The Morgan fingerprint density at radius 2 is 1.45 bits per heavy atom. The van der Waals surface area contributed by atoms with Crippen LogP contribution in [0.4, 0.5) is 0 Å². The lowest BCUT2D eigenvalue weighted by Gasteiger charge is -2.51. The van der Waals surface area contributed by atoms with E-state index in [2.05, 4.69) is 19.1 Å². The van der Waals surface area contributed by atoms with Crippen molar-refractivity contribution in [1.29, 1.82) is 0 Å². The van der Waals surface area contributed by atoms with E-state index in [9.17, 15) is 30.3 Å². The molecule has 0 unspecified atom stereocenters. The van der Waals surface area contributed by atoms with Gasteiger partial charge < -0.3 is 35.0 Å². The van der Waals surface area contributed by atoms with E-state index in [-0.39, 0.29) is 12.0 Å². The number of hydrogen-bond donors (Lipinski definition) is 5. The van der Waals surface area contributed by atoms with E-state index in [1.807, 2.05) is 0 Å². The lowest BCUT2D eigenvalue weighted by atomic mass is 9.84. The Kier molecular flexibility index (Phi) is 14.5. The molecule has 5 N–H and O–H groups in total. The highest BCUT2D eigenvalue weighted by molar-refractivity contribution is 5.70. The fourth-order valence-electron chi connectivity index (χ4n) is 4.79. The standard InChI is InChI=1S/C30H48O8/c1-2-3-4-5-6-7-8-9-10-11-12-13-14-15-19-22-26(32)38-30(36)28(34)27(33)25(23-31)37-29(30,35)24-20-17-16-18-21-24/h9-10,16-18,20-21,25,27-28,31,33-36H,2-8,11-15,19,22-23H2,1H3/b10-9-/t25-,27-,28+,29-,30+/m1/s1. The van der Waals surface area contributed by atoms with E-state index in [1.165, 1.54) is 50.7 Å². The van der Waals surface area contributed by atoms with Crippen molar-refractivity contribution in [1.82, 2.24) is 0 Å². The molecule has 1 fully saturated rings. The molecule has 0 bridgehead atoms.